The van der Waals surface area contributed by atoms with Crippen LogP contribution < -0.4 is 5.32 Å². The third kappa shape index (κ3) is 3.96. The van der Waals surface area contributed by atoms with Crippen LogP contribution in [0.2, 0.25) is 0 Å². The molecule has 0 amide bonds. The van der Waals surface area contributed by atoms with Gasteiger partial charge in [-0.15, -0.1) is 0 Å². The van der Waals surface area contributed by atoms with E-state index in [1.165, 1.54) is 70.9 Å². The summed E-state index contributed by atoms with van der Waals surface area (Å²) in [5, 5.41) is 3.53. The van der Waals surface area contributed by atoms with Crippen molar-refractivity contribution in [1.29, 1.82) is 0 Å². The Labute approximate surface area is 107 Å². The predicted octanol–water partition coefficient (Wildman–Crippen LogP) is 3.51. The normalized spacial score (nSPS) is 28.4. The summed E-state index contributed by atoms with van der Waals surface area (Å²) in [4.78, 5) is 0. The molecule has 100 valence electrons. The molecule has 2 aliphatic rings. The van der Waals surface area contributed by atoms with E-state index in [2.05, 4.69) is 12.2 Å². The van der Waals surface area contributed by atoms with Crippen LogP contribution in [0.4, 0.5) is 0 Å². The smallest absolute Gasteiger partial charge is 0.0685 e. The van der Waals surface area contributed by atoms with Crippen LogP contribution in [0.3, 0.4) is 0 Å². The second-order valence-corrected chi connectivity index (χ2v) is 5.99. The minimum Gasteiger partial charge on any atom is -0.375 e. The quantitative estimate of drug-likeness (QED) is 0.741. The maximum absolute atomic E-state index is 6.14. The summed E-state index contributed by atoms with van der Waals surface area (Å²) in [5.41, 5.74) is 0.298. The molecule has 0 aromatic rings. The first-order chi connectivity index (χ1) is 8.35. The van der Waals surface area contributed by atoms with E-state index >= 15 is 0 Å². The molecule has 1 unspecified atom stereocenters. The van der Waals surface area contributed by atoms with Gasteiger partial charge < -0.3 is 10.1 Å². The molecule has 0 aromatic carbocycles. The summed E-state index contributed by atoms with van der Waals surface area (Å²) < 4.78 is 6.14. The van der Waals surface area contributed by atoms with Gasteiger partial charge in [0.25, 0.3) is 0 Å². The molecular formula is C15H29NO. The predicted molar refractivity (Wildman–Crippen MR) is 72.3 cm³/mol. The van der Waals surface area contributed by atoms with E-state index in [0.717, 1.165) is 12.5 Å². The number of hydrogen-bond donors (Lipinski definition) is 1. The first-order valence-electron chi connectivity index (χ1n) is 7.69. The molecular weight excluding hydrogens is 210 g/mol. The van der Waals surface area contributed by atoms with E-state index in [9.17, 15) is 0 Å². The van der Waals surface area contributed by atoms with Gasteiger partial charge in [0.1, 0.15) is 0 Å². The van der Waals surface area contributed by atoms with Gasteiger partial charge >= 0.3 is 0 Å². The highest BCUT2D eigenvalue weighted by Crippen LogP contribution is 2.41. The summed E-state index contributed by atoms with van der Waals surface area (Å²) in [6.45, 7) is 5.62. The van der Waals surface area contributed by atoms with Gasteiger partial charge in [-0.1, -0.05) is 26.2 Å². The fourth-order valence-corrected chi connectivity index (χ4v) is 3.53. The SMILES string of the molecule is CCCNCCC1CCOC2(CCCCC2)C1. The van der Waals surface area contributed by atoms with Crippen molar-refractivity contribution in [3.8, 4) is 0 Å². The van der Waals surface area contributed by atoms with Crippen LogP contribution in [0.15, 0.2) is 0 Å². The lowest BCUT2D eigenvalue weighted by atomic mass is 9.75. The van der Waals surface area contributed by atoms with Crippen LogP contribution in [0, 0.1) is 5.92 Å². The van der Waals surface area contributed by atoms with Gasteiger partial charge in [-0.3, -0.25) is 0 Å². The van der Waals surface area contributed by atoms with Gasteiger partial charge in [-0.2, -0.15) is 0 Å². The molecule has 1 saturated carbocycles. The number of hydrogen-bond acceptors (Lipinski definition) is 2. The molecule has 1 N–H and O–H groups in total. The molecule has 1 atom stereocenters. The summed E-state index contributed by atoms with van der Waals surface area (Å²) in [5.74, 6) is 0.909. The Kier molecular flexibility index (Phi) is 5.30. The number of rotatable bonds is 5. The molecule has 1 aliphatic heterocycles. The van der Waals surface area contributed by atoms with E-state index in [1.54, 1.807) is 0 Å². The minimum absolute atomic E-state index is 0.298. The van der Waals surface area contributed by atoms with Gasteiger partial charge in [-0.05, 0) is 57.5 Å². The van der Waals surface area contributed by atoms with Crippen molar-refractivity contribution in [2.75, 3.05) is 19.7 Å². The third-order valence-electron chi connectivity index (χ3n) is 4.52. The van der Waals surface area contributed by atoms with E-state index in [4.69, 9.17) is 4.74 Å². The van der Waals surface area contributed by atoms with Gasteiger partial charge in [-0.25, -0.2) is 0 Å². The average Bonchev–Trinajstić information content (AvgIpc) is 2.36. The molecule has 1 saturated heterocycles. The Morgan fingerprint density at radius 2 is 2.00 bits per heavy atom. The highest BCUT2D eigenvalue weighted by atomic mass is 16.5. The van der Waals surface area contributed by atoms with Gasteiger partial charge in [0.15, 0.2) is 0 Å². The molecule has 2 heteroatoms. The van der Waals surface area contributed by atoms with Crippen LogP contribution in [0.25, 0.3) is 0 Å². The van der Waals surface area contributed by atoms with Crippen LogP contribution >= 0.6 is 0 Å². The Balaban J connectivity index is 1.72. The van der Waals surface area contributed by atoms with Gasteiger partial charge in [0.05, 0.1) is 5.60 Å². The summed E-state index contributed by atoms with van der Waals surface area (Å²) >= 11 is 0. The first-order valence-corrected chi connectivity index (χ1v) is 7.69. The summed E-state index contributed by atoms with van der Waals surface area (Å²) in [6.07, 6.45) is 12.1. The van der Waals surface area contributed by atoms with Crippen molar-refractivity contribution in [3.63, 3.8) is 0 Å². The molecule has 1 aliphatic carbocycles. The Morgan fingerprint density at radius 1 is 1.18 bits per heavy atom. The van der Waals surface area contributed by atoms with Crippen LogP contribution in [0.5, 0.6) is 0 Å². The minimum atomic E-state index is 0.298. The Hall–Kier alpha value is -0.0800. The topological polar surface area (TPSA) is 21.3 Å². The molecule has 1 heterocycles. The zero-order chi connectivity index (χ0) is 12.0. The van der Waals surface area contributed by atoms with E-state index < -0.39 is 0 Å². The van der Waals surface area contributed by atoms with Gasteiger partial charge in [0.2, 0.25) is 0 Å². The van der Waals surface area contributed by atoms with Gasteiger partial charge in [0, 0.05) is 6.61 Å². The number of ether oxygens (including phenoxy) is 1. The van der Waals surface area contributed by atoms with Crippen molar-refractivity contribution in [2.45, 2.75) is 70.3 Å². The van der Waals surface area contributed by atoms with E-state index in [1.807, 2.05) is 0 Å². The number of nitrogens with one attached hydrogen (secondary N) is 1. The second-order valence-electron chi connectivity index (χ2n) is 5.99. The fraction of sp³-hybridized carbons (Fsp3) is 1.00. The first kappa shape index (κ1) is 13.4. The van der Waals surface area contributed by atoms with Crippen LogP contribution in [-0.4, -0.2) is 25.3 Å². The van der Waals surface area contributed by atoms with Crippen molar-refractivity contribution in [3.05, 3.63) is 0 Å². The van der Waals surface area contributed by atoms with E-state index in [0.29, 0.717) is 5.60 Å². The van der Waals surface area contributed by atoms with Crippen molar-refractivity contribution in [1.82, 2.24) is 5.32 Å². The maximum Gasteiger partial charge on any atom is 0.0685 e. The molecule has 17 heavy (non-hydrogen) atoms. The zero-order valence-electron chi connectivity index (χ0n) is 11.5. The lowest BCUT2D eigenvalue weighted by Crippen LogP contribution is -2.42. The molecule has 0 aromatic heterocycles. The lowest BCUT2D eigenvalue weighted by molar-refractivity contribution is -0.118. The van der Waals surface area contributed by atoms with Crippen molar-refractivity contribution < 1.29 is 4.74 Å². The Bertz CT molecular complexity index is 205. The average molecular weight is 239 g/mol. The summed E-state index contributed by atoms with van der Waals surface area (Å²) in [7, 11) is 0. The maximum atomic E-state index is 6.14. The van der Waals surface area contributed by atoms with Crippen molar-refractivity contribution in [2.24, 2.45) is 5.92 Å². The highest BCUT2D eigenvalue weighted by Gasteiger charge is 2.37. The summed E-state index contributed by atoms with van der Waals surface area (Å²) in [6, 6.07) is 0. The molecule has 2 rings (SSSR count). The zero-order valence-corrected chi connectivity index (χ0v) is 11.5. The van der Waals surface area contributed by atoms with Crippen molar-refractivity contribution >= 4 is 0 Å². The molecule has 1 spiro atoms. The molecule has 2 nitrogen and oxygen atoms in total. The largest absolute Gasteiger partial charge is 0.375 e. The lowest BCUT2D eigenvalue weighted by Gasteiger charge is -2.43. The highest BCUT2D eigenvalue weighted by molar-refractivity contribution is 4.89. The standard InChI is InChI=1S/C15H29NO/c1-2-10-16-11-6-14-7-12-17-15(13-14)8-4-3-5-9-15/h14,16H,2-13H2,1H3. The molecule has 2 fully saturated rings. The van der Waals surface area contributed by atoms with Crippen LogP contribution in [-0.2, 0) is 4.74 Å². The second kappa shape index (κ2) is 6.75. The Morgan fingerprint density at radius 3 is 2.76 bits per heavy atom. The van der Waals surface area contributed by atoms with E-state index in [-0.39, 0.29) is 0 Å². The van der Waals surface area contributed by atoms with Crippen LogP contribution in [0.1, 0.15) is 64.7 Å². The third-order valence-corrected chi connectivity index (χ3v) is 4.52. The fourth-order valence-electron chi connectivity index (χ4n) is 3.53. The molecule has 0 radical (unpaired) electrons. The molecule has 0 bridgehead atoms. The monoisotopic (exact) mass is 239 g/mol.